The number of carbonyl (C=O) groups is 1. The highest BCUT2D eigenvalue weighted by Crippen LogP contribution is 2.37. The number of allylic oxidation sites excluding steroid dienone is 1. The molecule has 0 atom stereocenters. The topological polar surface area (TPSA) is 75.7 Å². The van der Waals surface area contributed by atoms with Crippen LogP contribution < -0.4 is 5.84 Å². The van der Waals surface area contributed by atoms with Crippen LogP contribution in [-0.4, -0.2) is 16.6 Å². The predicted molar refractivity (Wildman–Crippen MR) is 106 cm³/mol. The molecule has 0 heterocycles. The van der Waals surface area contributed by atoms with E-state index in [0.29, 0.717) is 16.8 Å². The molecule has 3 aromatic carbocycles. The normalized spacial score (nSPS) is 14.6. The fraction of sp³-hybridized carbons (Fsp3) is 0.0435. The molecule has 0 bridgehead atoms. The first-order valence-electron chi connectivity index (χ1n) is 8.67. The molecular formula is C23H18N2O2. The summed E-state index contributed by atoms with van der Waals surface area (Å²) in [4.78, 5) is 13.6. The highest BCUT2D eigenvalue weighted by atomic mass is 16.3. The maximum Gasteiger partial charge on any atom is 0.180 e. The summed E-state index contributed by atoms with van der Waals surface area (Å²) in [6, 6.07) is 26.2. The van der Waals surface area contributed by atoms with E-state index < -0.39 is 5.92 Å². The Morgan fingerprint density at radius 3 is 1.78 bits per heavy atom. The van der Waals surface area contributed by atoms with Crippen molar-refractivity contribution >= 4 is 17.3 Å². The van der Waals surface area contributed by atoms with E-state index in [0.717, 1.165) is 11.1 Å². The van der Waals surface area contributed by atoms with Gasteiger partial charge in [0.05, 0.1) is 11.5 Å². The van der Waals surface area contributed by atoms with Gasteiger partial charge in [-0.05, 0) is 11.1 Å². The van der Waals surface area contributed by atoms with Gasteiger partial charge in [0.2, 0.25) is 0 Å². The average Bonchev–Trinajstić information content (AvgIpc) is 3.02. The minimum atomic E-state index is -0.560. The Morgan fingerprint density at radius 2 is 1.26 bits per heavy atom. The SMILES string of the molecule is NN=C1C(C(=O)C(c2ccccc2)c2ccccc2)=C(O)c2ccccc21. The van der Waals surface area contributed by atoms with Gasteiger partial charge < -0.3 is 10.9 Å². The van der Waals surface area contributed by atoms with Crippen molar-refractivity contribution in [2.24, 2.45) is 10.9 Å². The Kier molecular flexibility index (Phi) is 4.30. The summed E-state index contributed by atoms with van der Waals surface area (Å²) in [5.41, 5.74) is 3.43. The van der Waals surface area contributed by atoms with Crippen molar-refractivity contribution < 1.29 is 9.90 Å². The molecule has 0 spiro atoms. The number of ketones is 1. The van der Waals surface area contributed by atoms with Crippen molar-refractivity contribution in [3.63, 3.8) is 0 Å². The molecule has 0 aromatic heterocycles. The molecule has 0 fully saturated rings. The van der Waals surface area contributed by atoms with E-state index in [2.05, 4.69) is 5.10 Å². The lowest BCUT2D eigenvalue weighted by atomic mass is 9.83. The third kappa shape index (κ3) is 2.81. The third-order valence-electron chi connectivity index (χ3n) is 4.81. The molecule has 27 heavy (non-hydrogen) atoms. The number of hydrogen-bond donors (Lipinski definition) is 2. The van der Waals surface area contributed by atoms with Crippen LogP contribution in [0.3, 0.4) is 0 Å². The molecule has 0 saturated carbocycles. The van der Waals surface area contributed by atoms with Crippen LogP contribution in [0.4, 0.5) is 0 Å². The minimum Gasteiger partial charge on any atom is -0.506 e. The number of rotatable bonds is 4. The van der Waals surface area contributed by atoms with Gasteiger partial charge in [0.25, 0.3) is 0 Å². The highest BCUT2D eigenvalue weighted by molar-refractivity contribution is 6.37. The van der Waals surface area contributed by atoms with Crippen LogP contribution in [0, 0.1) is 0 Å². The molecule has 0 unspecified atom stereocenters. The van der Waals surface area contributed by atoms with Gasteiger partial charge in [-0.2, -0.15) is 5.10 Å². The summed E-state index contributed by atoms with van der Waals surface area (Å²) in [6.07, 6.45) is 0. The van der Waals surface area contributed by atoms with Gasteiger partial charge in [-0.25, -0.2) is 0 Å². The highest BCUT2D eigenvalue weighted by Gasteiger charge is 2.36. The van der Waals surface area contributed by atoms with Crippen LogP contribution in [0.25, 0.3) is 5.76 Å². The van der Waals surface area contributed by atoms with E-state index in [9.17, 15) is 9.90 Å². The summed E-state index contributed by atoms with van der Waals surface area (Å²) in [5.74, 6) is 4.74. The smallest absolute Gasteiger partial charge is 0.180 e. The molecule has 4 rings (SSSR count). The molecule has 1 aliphatic rings. The Balaban J connectivity index is 1.87. The second kappa shape index (κ2) is 6.92. The van der Waals surface area contributed by atoms with Gasteiger partial charge in [0.1, 0.15) is 11.5 Å². The Bertz CT molecular complexity index is 1010. The van der Waals surface area contributed by atoms with Crippen molar-refractivity contribution in [3.05, 3.63) is 113 Å². The summed E-state index contributed by atoms with van der Waals surface area (Å²) in [5, 5.41) is 14.6. The van der Waals surface area contributed by atoms with Crippen molar-refractivity contribution in [2.45, 2.75) is 5.92 Å². The maximum absolute atomic E-state index is 13.6. The Hall–Kier alpha value is -3.66. The predicted octanol–water partition coefficient (Wildman–Crippen LogP) is 4.03. The number of Topliss-reactive ketones (excluding diaryl/α,β-unsaturated/α-hetero) is 1. The zero-order chi connectivity index (χ0) is 18.8. The van der Waals surface area contributed by atoms with Crippen molar-refractivity contribution in [1.82, 2.24) is 0 Å². The second-order valence-corrected chi connectivity index (χ2v) is 6.37. The van der Waals surface area contributed by atoms with E-state index in [1.165, 1.54) is 0 Å². The van der Waals surface area contributed by atoms with Crippen LogP contribution in [0.1, 0.15) is 28.2 Å². The second-order valence-electron chi connectivity index (χ2n) is 6.37. The number of aliphatic hydroxyl groups excluding tert-OH is 1. The van der Waals surface area contributed by atoms with Crippen LogP contribution in [0.15, 0.2) is 95.6 Å². The number of aliphatic hydroxyl groups is 1. The lowest BCUT2D eigenvalue weighted by Crippen LogP contribution is -2.21. The van der Waals surface area contributed by atoms with Crippen molar-refractivity contribution in [3.8, 4) is 0 Å². The van der Waals surface area contributed by atoms with Gasteiger partial charge in [0, 0.05) is 11.1 Å². The quantitative estimate of drug-likeness (QED) is 0.548. The van der Waals surface area contributed by atoms with Crippen molar-refractivity contribution in [1.29, 1.82) is 0 Å². The maximum atomic E-state index is 13.6. The number of nitrogens with two attached hydrogens (primary N) is 1. The zero-order valence-electron chi connectivity index (χ0n) is 14.5. The molecule has 0 saturated heterocycles. The lowest BCUT2D eigenvalue weighted by molar-refractivity contribution is -0.115. The first-order chi connectivity index (χ1) is 13.2. The van der Waals surface area contributed by atoms with Crippen LogP contribution in [-0.2, 0) is 4.79 Å². The minimum absolute atomic E-state index is 0.0725. The summed E-state index contributed by atoms with van der Waals surface area (Å²) in [6.45, 7) is 0. The molecule has 3 aromatic rings. The molecular weight excluding hydrogens is 336 g/mol. The number of carbonyl (C=O) groups excluding carboxylic acids is 1. The number of benzene rings is 3. The largest absolute Gasteiger partial charge is 0.506 e. The molecule has 132 valence electrons. The van der Waals surface area contributed by atoms with Gasteiger partial charge in [-0.1, -0.05) is 84.9 Å². The standard InChI is InChI=1S/C23H18N2O2/c24-25-21-17-13-7-8-14-18(17)22(26)20(21)23(27)19(15-9-3-1-4-10-15)16-11-5-2-6-12-16/h1-14,19,26H,24H2. The van der Waals surface area contributed by atoms with E-state index in [4.69, 9.17) is 5.84 Å². The first-order valence-corrected chi connectivity index (χ1v) is 8.67. The summed E-state index contributed by atoms with van der Waals surface area (Å²) < 4.78 is 0. The molecule has 1 aliphatic carbocycles. The fourth-order valence-corrected chi connectivity index (χ4v) is 3.58. The fourth-order valence-electron chi connectivity index (χ4n) is 3.58. The van der Waals surface area contributed by atoms with E-state index in [-0.39, 0.29) is 17.1 Å². The van der Waals surface area contributed by atoms with Gasteiger partial charge >= 0.3 is 0 Å². The number of nitrogens with zero attached hydrogens (tertiary/aromatic N) is 1. The van der Waals surface area contributed by atoms with Crippen molar-refractivity contribution in [2.75, 3.05) is 0 Å². The van der Waals surface area contributed by atoms with Gasteiger partial charge in [-0.15, -0.1) is 0 Å². The molecule has 3 N–H and O–H groups in total. The molecule has 4 nitrogen and oxygen atoms in total. The number of hydrogen-bond acceptors (Lipinski definition) is 4. The Labute approximate surface area is 157 Å². The number of hydrazone groups is 1. The molecule has 4 heteroatoms. The first kappa shape index (κ1) is 16.8. The molecule has 0 amide bonds. The number of fused-ring (bicyclic) bond motifs is 1. The van der Waals surface area contributed by atoms with Crippen LogP contribution in [0.5, 0.6) is 0 Å². The monoisotopic (exact) mass is 354 g/mol. The van der Waals surface area contributed by atoms with Gasteiger partial charge in [-0.3, -0.25) is 4.79 Å². The van der Waals surface area contributed by atoms with E-state index >= 15 is 0 Å². The average molecular weight is 354 g/mol. The van der Waals surface area contributed by atoms with Crippen LogP contribution in [0.2, 0.25) is 0 Å². The van der Waals surface area contributed by atoms with E-state index in [1.807, 2.05) is 72.8 Å². The summed E-state index contributed by atoms with van der Waals surface area (Å²) >= 11 is 0. The third-order valence-corrected chi connectivity index (χ3v) is 4.81. The Morgan fingerprint density at radius 1 is 0.778 bits per heavy atom. The lowest BCUT2D eigenvalue weighted by Gasteiger charge is -2.18. The summed E-state index contributed by atoms with van der Waals surface area (Å²) in [7, 11) is 0. The molecule has 0 radical (unpaired) electrons. The van der Waals surface area contributed by atoms with Gasteiger partial charge in [0.15, 0.2) is 5.78 Å². The molecule has 0 aliphatic heterocycles. The zero-order valence-corrected chi connectivity index (χ0v) is 14.5. The van der Waals surface area contributed by atoms with E-state index in [1.54, 1.807) is 12.1 Å². The van der Waals surface area contributed by atoms with Crippen LogP contribution >= 0.6 is 0 Å².